The third-order valence-electron chi connectivity index (χ3n) is 5.22. The first kappa shape index (κ1) is 18.6. The smallest absolute Gasteiger partial charge is 0.316 e. The van der Waals surface area contributed by atoms with Crippen LogP contribution in [0.2, 0.25) is 0 Å². The van der Waals surface area contributed by atoms with E-state index in [0.717, 1.165) is 49.8 Å². The molecule has 1 atom stereocenters. The Morgan fingerprint density at radius 2 is 1.85 bits per heavy atom. The third kappa shape index (κ3) is 3.67. The van der Waals surface area contributed by atoms with Gasteiger partial charge in [0.05, 0.1) is 0 Å². The molecule has 144 valence electrons. The monoisotopic (exact) mass is 404 g/mol. The molecule has 0 bridgehead atoms. The molecule has 0 radical (unpaired) electrons. The Morgan fingerprint density at radius 1 is 1.19 bits per heavy atom. The van der Waals surface area contributed by atoms with Crippen LogP contribution in [0.25, 0.3) is 0 Å². The zero-order valence-electron chi connectivity index (χ0n) is 15.3. The number of hydrogen-bond acceptors (Lipinski definition) is 4. The van der Waals surface area contributed by atoms with E-state index in [1.165, 1.54) is 33.6 Å². The van der Waals surface area contributed by atoms with Gasteiger partial charge in [0.15, 0.2) is 9.92 Å². The largest absolute Gasteiger partial charge is 0.354 e. The van der Waals surface area contributed by atoms with E-state index in [9.17, 15) is 9.00 Å². The Bertz CT molecular complexity index is 987. The number of nitrogens with two attached hydrogens (primary N) is 1. The number of thiophene rings is 1. The van der Waals surface area contributed by atoms with E-state index < -0.39 is 15.9 Å². The highest BCUT2D eigenvalue weighted by Crippen LogP contribution is 2.38. The quantitative estimate of drug-likeness (QED) is 0.729. The van der Waals surface area contributed by atoms with Gasteiger partial charge in [0.1, 0.15) is 4.21 Å². The van der Waals surface area contributed by atoms with Crippen LogP contribution in [0.15, 0.2) is 26.1 Å². The van der Waals surface area contributed by atoms with Crippen molar-refractivity contribution in [3.05, 3.63) is 45.3 Å². The van der Waals surface area contributed by atoms with Gasteiger partial charge in [-0.1, -0.05) is 6.07 Å². The number of nitrogens with zero attached hydrogens (tertiary/aromatic N) is 1. The number of nitrogens with one attached hydrogen (secondary N) is 2. The molecule has 1 aromatic heterocycles. The number of urea groups is 1. The van der Waals surface area contributed by atoms with E-state index in [0.29, 0.717) is 10.8 Å². The first-order chi connectivity index (χ1) is 13.0. The van der Waals surface area contributed by atoms with Crippen molar-refractivity contribution in [3.8, 4) is 0 Å². The topological polar surface area (TPSA) is 96.6 Å². The van der Waals surface area contributed by atoms with Crippen molar-refractivity contribution in [2.75, 3.05) is 12.4 Å². The molecule has 4 rings (SSSR count). The summed E-state index contributed by atoms with van der Waals surface area (Å²) >= 11 is 1.27. The molecule has 0 spiro atoms. The molecule has 6 nitrogen and oxygen atoms in total. The Morgan fingerprint density at radius 3 is 2.48 bits per heavy atom. The van der Waals surface area contributed by atoms with Crippen molar-refractivity contribution < 1.29 is 9.00 Å². The molecule has 2 aliphatic carbocycles. The Labute approximate surface area is 163 Å². The summed E-state index contributed by atoms with van der Waals surface area (Å²) in [6, 6.07) is 3.43. The van der Waals surface area contributed by atoms with Crippen LogP contribution in [-0.4, -0.2) is 17.3 Å². The number of anilines is 1. The van der Waals surface area contributed by atoms with Crippen LogP contribution in [0.3, 0.4) is 0 Å². The van der Waals surface area contributed by atoms with E-state index in [-0.39, 0.29) is 0 Å². The molecule has 2 amide bonds. The SMILES string of the molecule is CNCc1csc([S@](N)(=O)=NC(=O)Nc2c3c(cc4c2CCC4)CCC3)c1. The average Bonchev–Trinajstić information content (AvgIpc) is 3.34. The maximum absolute atomic E-state index is 12.8. The van der Waals surface area contributed by atoms with Crippen LogP contribution in [-0.2, 0) is 42.1 Å². The lowest BCUT2D eigenvalue weighted by atomic mass is 9.99. The van der Waals surface area contributed by atoms with Crippen LogP contribution in [0.4, 0.5) is 10.5 Å². The van der Waals surface area contributed by atoms with E-state index in [1.807, 2.05) is 12.4 Å². The van der Waals surface area contributed by atoms with Crippen LogP contribution in [0.1, 0.15) is 40.7 Å². The molecule has 8 heteroatoms. The predicted octanol–water partition coefficient (Wildman–Crippen LogP) is 3.38. The number of carbonyl (C=O) groups excluding carboxylic acids is 1. The first-order valence-corrected chi connectivity index (χ1v) is 11.7. The summed E-state index contributed by atoms with van der Waals surface area (Å²) in [6.45, 7) is 0.653. The van der Waals surface area contributed by atoms with Gasteiger partial charge in [-0.2, -0.15) is 0 Å². The Balaban J connectivity index is 1.63. The van der Waals surface area contributed by atoms with Crippen LogP contribution < -0.4 is 15.8 Å². The van der Waals surface area contributed by atoms with Gasteiger partial charge in [-0.3, -0.25) is 0 Å². The fraction of sp³-hybridized carbons (Fsp3) is 0.421. The zero-order chi connectivity index (χ0) is 19.0. The van der Waals surface area contributed by atoms with Crippen molar-refractivity contribution in [2.24, 2.45) is 9.50 Å². The minimum absolute atomic E-state index is 0.423. The minimum atomic E-state index is -3.25. The van der Waals surface area contributed by atoms with Gasteiger partial charge in [-0.25, -0.2) is 14.1 Å². The molecule has 27 heavy (non-hydrogen) atoms. The van der Waals surface area contributed by atoms with E-state index in [1.54, 1.807) is 6.07 Å². The number of carbonyl (C=O) groups is 1. The van der Waals surface area contributed by atoms with E-state index >= 15 is 0 Å². The fourth-order valence-corrected chi connectivity index (χ4v) is 6.22. The van der Waals surface area contributed by atoms with Crippen molar-refractivity contribution in [3.63, 3.8) is 0 Å². The molecule has 2 aliphatic rings. The van der Waals surface area contributed by atoms with Gasteiger partial charge in [0.2, 0.25) is 0 Å². The lowest BCUT2D eigenvalue weighted by Gasteiger charge is -2.15. The maximum atomic E-state index is 12.8. The number of fused-ring (bicyclic) bond motifs is 2. The van der Waals surface area contributed by atoms with Crippen molar-refractivity contribution in [1.29, 1.82) is 0 Å². The molecular weight excluding hydrogens is 380 g/mol. The van der Waals surface area contributed by atoms with Crippen LogP contribution in [0.5, 0.6) is 0 Å². The lowest BCUT2D eigenvalue weighted by Crippen LogP contribution is -2.18. The Hall–Kier alpha value is -1.74. The molecule has 0 saturated carbocycles. The fourth-order valence-electron chi connectivity index (χ4n) is 4.07. The molecule has 0 fully saturated rings. The second-order valence-corrected chi connectivity index (χ2v) is 10.1. The van der Waals surface area contributed by atoms with Gasteiger partial charge in [-0.05, 0) is 84.8 Å². The van der Waals surface area contributed by atoms with Crippen LogP contribution >= 0.6 is 11.3 Å². The predicted molar refractivity (Wildman–Crippen MR) is 110 cm³/mol. The number of hydrogen-bond donors (Lipinski definition) is 3. The summed E-state index contributed by atoms with van der Waals surface area (Å²) in [5, 5.41) is 13.8. The van der Waals surface area contributed by atoms with Gasteiger partial charge in [0.25, 0.3) is 0 Å². The second-order valence-electron chi connectivity index (χ2n) is 7.13. The summed E-state index contributed by atoms with van der Waals surface area (Å²) in [5.41, 5.74) is 6.96. The van der Waals surface area contributed by atoms with Gasteiger partial charge in [-0.15, -0.1) is 15.7 Å². The maximum Gasteiger partial charge on any atom is 0.354 e. The van der Waals surface area contributed by atoms with Gasteiger partial charge >= 0.3 is 6.03 Å². The summed E-state index contributed by atoms with van der Waals surface area (Å²) in [6.07, 6.45) is 6.26. The first-order valence-electron chi connectivity index (χ1n) is 9.22. The number of aryl methyl sites for hydroxylation is 2. The minimum Gasteiger partial charge on any atom is -0.316 e. The van der Waals surface area contributed by atoms with Crippen molar-refractivity contribution in [1.82, 2.24) is 5.32 Å². The highest BCUT2D eigenvalue weighted by molar-refractivity contribution is 7.93. The standard InChI is InChI=1S/C19H24N4O2S2/c1-21-10-12-8-17(26-11-12)27(20,25)23-19(24)22-18-15-6-2-4-13(15)9-14-5-3-7-16(14)18/h8-9,11,21H,2-7,10H2,1H3,(H3,20,22,23,24,25)/t27-/m1/s1. The molecule has 0 unspecified atom stereocenters. The number of benzene rings is 1. The van der Waals surface area contributed by atoms with Crippen LogP contribution in [0, 0.1) is 0 Å². The Kier molecular flexibility index (Phi) is 5.07. The molecule has 1 aromatic carbocycles. The second kappa shape index (κ2) is 7.35. The number of amides is 2. The average molecular weight is 405 g/mol. The summed E-state index contributed by atoms with van der Waals surface area (Å²) in [4.78, 5) is 12.6. The lowest BCUT2D eigenvalue weighted by molar-refractivity contribution is 0.260. The van der Waals surface area contributed by atoms with Crippen molar-refractivity contribution >= 4 is 33.0 Å². The van der Waals surface area contributed by atoms with Gasteiger partial charge < -0.3 is 10.6 Å². The number of rotatable bonds is 4. The molecule has 1 heterocycles. The normalized spacial score (nSPS) is 17.3. The third-order valence-corrected chi connectivity index (χ3v) is 8.13. The highest BCUT2D eigenvalue weighted by atomic mass is 32.2. The molecular formula is C19H24N4O2S2. The van der Waals surface area contributed by atoms with Crippen molar-refractivity contribution in [2.45, 2.75) is 49.3 Å². The molecule has 0 aliphatic heterocycles. The van der Waals surface area contributed by atoms with E-state index in [4.69, 9.17) is 5.14 Å². The van der Waals surface area contributed by atoms with Gasteiger partial charge in [0, 0.05) is 12.2 Å². The highest BCUT2D eigenvalue weighted by Gasteiger charge is 2.25. The molecule has 0 saturated heterocycles. The van der Waals surface area contributed by atoms with E-state index in [2.05, 4.69) is 21.1 Å². The molecule has 4 N–H and O–H groups in total. The summed E-state index contributed by atoms with van der Waals surface area (Å²) < 4.78 is 17.1. The molecule has 2 aromatic rings. The zero-order valence-corrected chi connectivity index (χ0v) is 17.0. The summed E-state index contributed by atoms with van der Waals surface area (Å²) in [7, 11) is -1.41. The summed E-state index contributed by atoms with van der Waals surface area (Å²) in [5.74, 6) is 0.